The third-order valence-electron chi connectivity index (χ3n) is 4.22. The average Bonchev–Trinajstić information content (AvgIpc) is 2.65. The highest BCUT2D eigenvalue weighted by Crippen LogP contribution is 2.38. The van der Waals surface area contributed by atoms with E-state index in [1.54, 1.807) is 48.5 Å². The van der Waals surface area contributed by atoms with Gasteiger partial charge in [-0.25, -0.2) is 0 Å². The quantitative estimate of drug-likeness (QED) is 0.857. The summed E-state index contributed by atoms with van der Waals surface area (Å²) >= 11 is 0. The summed E-state index contributed by atoms with van der Waals surface area (Å²) in [4.78, 5) is 0. The largest absolute Gasteiger partial charge is 0.394 e. The molecule has 0 amide bonds. The molecule has 0 saturated carbocycles. The van der Waals surface area contributed by atoms with Crippen molar-refractivity contribution in [1.29, 1.82) is 10.5 Å². The fraction of sp³-hybridized carbons (Fsp3) is 0.263. The first-order valence-electron chi connectivity index (χ1n) is 7.32. The zero-order valence-corrected chi connectivity index (χ0v) is 12.7. The minimum atomic E-state index is -1.25. The van der Waals surface area contributed by atoms with Gasteiger partial charge in [0.15, 0.2) is 0 Å². The van der Waals surface area contributed by atoms with E-state index >= 15 is 0 Å². The zero-order valence-electron chi connectivity index (χ0n) is 12.7. The Morgan fingerprint density at radius 1 is 0.696 bits per heavy atom. The Balaban J connectivity index is 2.54. The van der Waals surface area contributed by atoms with Crippen molar-refractivity contribution in [3.05, 3.63) is 71.8 Å². The van der Waals surface area contributed by atoms with Gasteiger partial charge in [0.2, 0.25) is 0 Å². The van der Waals surface area contributed by atoms with Crippen LogP contribution in [0.3, 0.4) is 0 Å². The first kappa shape index (κ1) is 16.7. The standard InChI is InChI=1S/C19H18N2O2/c20-12-18(14-22,16-7-3-1-4-8-16)11-19(13-21,15-23)17-9-5-2-6-10-17/h1-10,22-23H,11,14-15H2. The second-order valence-electron chi connectivity index (χ2n) is 5.61. The van der Waals surface area contributed by atoms with Crippen LogP contribution in [0, 0.1) is 22.7 Å². The summed E-state index contributed by atoms with van der Waals surface area (Å²) in [7, 11) is 0. The molecule has 0 aliphatic heterocycles. The van der Waals surface area contributed by atoms with Gasteiger partial charge < -0.3 is 10.2 Å². The van der Waals surface area contributed by atoms with Crippen LogP contribution in [0.2, 0.25) is 0 Å². The lowest BCUT2D eigenvalue weighted by Gasteiger charge is -2.34. The second kappa shape index (κ2) is 7.07. The zero-order chi connectivity index (χ0) is 16.8. The summed E-state index contributed by atoms with van der Waals surface area (Å²) in [6.45, 7) is -0.854. The Bertz CT molecular complexity index is 655. The summed E-state index contributed by atoms with van der Waals surface area (Å²) in [5.41, 5.74) is -1.24. The Hall–Kier alpha value is -2.66. The molecule has 0 bridgehead atoms. The molecule has 0 saturated heterocycles. The van der Waals surface area contributed by atoms with Gasteiger partial charge in [-0.3, -0.25) is 0 Å². The van der Waals surface area contributed by atoms with Crippen LogP contribution in [0.4, 0.5) is 0 Å². The van der Waals surface area contributed by atoms with Crippen LogP contribution < -0.4 is 0 Å². The first-order valence-corrected chi connectivity index (χ1v) is 7.32. The van der Waals surface area contributed by atoms with Gasteiger partial charge in [-0.15, -0.1) is 0 Å². The maximum atomic E-state index is 9.92. The minimum Gasteiger partial charge on any atom is -0.394 e. The lowest BCUT2D eigenvalue weighted by molar-refractivity contribution is 0.164. The number of nitriles is 2. The summed E-state index contributed by atoms with van der Waals surface area (Å²) in [5, 5.41) is 39.3. The molecule has 0 aliphatic rings. The smallest absolute Gasteiger partial charge is 0.107 e. The van der Waals surface area contributed by atoms with Gasteiger partial charge in [-0.2, -0.15) is 10.5 Å². The van der Waals surface area contributed by atoms with Gasteiger partial charge in [-0.05, 0) is 17.5 Å². The van der Waals surface area contributed by atoms with E-state index in [0.717, 1.165) is 0 Å². The molecular weight excluding hydrogens is 288 g/mol. The fourth-order valence-electron chi connectivity index (χ4n) is 2.81. The molecule has 0 aliphatic carbocycles. The number of benzene rings is 2. The molecule has 116 valence electrons. The maximum Gasteiger partial charge on any atom is 0.107 e. The molecule has 2 N–H and O–H groups in total. The van der Waals surface area contributed by atoms with E-state index in [4.69, 9.17) is 0 Å². The topological polar surface area (TPSA) is 88.0 Å². The molecular formula is C19H18N2O2. The van der Waals surface area contributed by atoms with Gasteiger partial charge in [0, 0.05) is 0 Å². The highest BCUT2D eigenvalue weighted by Gasteiger charge is 2.44. The molecule has 0 radical (unpaired) electrons. The Morgan fingerprint density at radius 2 is 1.04 bits per heavy atom. The maximum absolute atomic E-state index is 9.92. The highest BCUT2D eigenvalue weighted by molar-refractivity contribution is 5.40. The van der Waals surface area contributed by atoms with Gasteiger partial charge in [-0.1, -0.05) is 60.7 Å². The fourth-order valence-corrected chi connectivity index (χ4v) is 2.81. The molecule has 23 heavy (non-hydrogen) atoms. The molecule has 2 rings (SSSR count). The predicted octanol–water partition coefficient (Wildman–Crippen LogP) is 2.28. The molecule has 0 aromatic heterocycles. The number of rotatable bonds is 6. The van der Waals surface area contributed by atoms with E-state index in [0.29, 0.717) is 11.1 Å². The molecule has 4 heteroatoms. The molecule has 2 aromatic rings. The normalized spacial score (nSPS) is 15.7. The SMILES string of the molecule is N#CC(CO)(CC(C#N)(CO)c1ccccc1)c1ccccc1. The number of hydrogen-bond donors (Lipinski definition) is 2. The van der Waals surface area contributed by atoms with Crippen molar-refractivity contribution in [2.75, 3.05) is 13.2 Å². The van der Waals surface area contributed by atoms with E-state index in [2.05, 4.69) is 12.1 Å². The van der Waals surface area contributed by atoms with Gasteiger partial charge >= 0.3 is 0 Å². The van der Waals surface area contributed by atoms with E-state index in [1.165, 1.54) is 0 Å². The molecule has 4 nitrogen and oxygen atoms in total. The van der Waals surface area contributed by atoms with Crippen molar-refractivity contribution in [2.24, 2.45) is 0 Å². The van der Waals surface area contributed by atoms with Crippen LogP contribution in [0.5, 0.6) is 0 Å². The summed E-state index contributed by atoms with van der Waals surface area (Å²) in [6, 6.07) is 22.1. The van der Waals surface area contributed by atoms with E-state index < -0.39 is 24.0 Å². The average molecular weight is 306 g/mol. The Kier molecular flexibility index (Phi) is 5.13. The molecule has 0 heterocycles. The lowest BCUT2D eigenvalue weighted by Crippen LogP contribution is -2.41. The van der Waals surface area contributed by atoms with Gasteiger partial charge in [0.25, 0.3) is 0 Å². The van der Waals surface area contributed by atoms with Crippen LogP contribution in [-0.2, 0) is 10.8 Å². The number of nitrogens with zero attached hydrogens (tertiary/aromatic N) is 2. The number of hydrogen-bond acceptors (Lipinski definition) is 4. The first-order chi connectivity index (χ1) is 11.2. The monoisotopic (exact) mass is 306 g/mol. The predicted molar refractivity (Wildman–Crippen MR) is 86.3 cm³/mol. The second-order valence-corrected chi connectivity index (χ2v) is 5.61. The summed E-state index contributed by atoms with van der Waals surface area (Å²) in [6.07, 6.45) is 0.00796. The minimum absolute atomic E-state index is 0.00796. The van der Waals surface area contributed by atoms with E-state index in [1.807, 2.05) is 12.1 Å². The highest BCUT2D eigenvalue weighted by atomic mass is 16.3. The summed E-state index contributed by atoms with van der Waals surface area (Å²) in [5.74, 6) is 0. The van der Waals surface area contributed by atoms with Crippen molar-refractivity contribution in [1.82, 2.24) is 0 Å². The third-order valence-corrected chi connectivity index (χ3v) is 4.22. The summed E-state index contributed by atoms with van der Waals surface area (Å²) < 4.78 is 0. The van der Waals surface area contributed by atoms with Crippen molar-refractivity contribution in [3.63, 3.8) is 0 Å². The number of aliphatic hydroxyl groups is 2. The molecule has 2 unspecified atom stereocenters. The van der Waals surface area contributed by atoms with Gasteiger partial charge in [0.05, 0.1) is 25.4 Å². The Labute approximate surface area is 135 Å². The third kappa shape index (κ3) is 3.10. The Morgan fingerprint density at radius 3 is 1.30 bits per heavy atom. The van der Waals surface area contributed by atoms with E-state index in [9.17, 15) is 20.7 Å². The van der Waals surface area contributed by atoms with Crippen molar-refractivity contribution in [3.8, 4) is 12.1 Å². The van der Waals surface area contributed by atoms with Crippen LogP contribution in [0.1, 0.15) is 17.5 Å². The van der Waals surface area contributed by atoms with Gasteiger partial charge in [0.1, 0.15) is 10.8 Å². The molecule has 2 atom stereocenters. The van der Waals surface area contributed by atoms with Crippen LogP contribution in [0.25, 0.3) is 0 Å². The van der Waals surface area contributed by atoms with Crippen molar-refractivity contribution in [2.45, 2.75) is 17.3 Å². The van der Waals surface area contributed by atoms with Crippen LogP contribution in [0.15, 0.2) is 60.7 Å². The molecule has 2 aromatic carbocycles. The van der Waals surface area contributed by atoms with Crippen molar-refractivity contribution >= 4 is 0 Å². The number of aliphatic hydroxyl groups excluding tert-OH is 2. The van der Waals surface area contributed by atoms with Crippen molar-refractivity contribution < 1.29 is 10.2 Å². The van der Waals surface area contributed by atoms with Crippen LogP contribution in [-0.4, -0.2) is 23.4 Å². The molecule has 0 fully saturated rings. The molecule has 0 spiro atoms. The van der Waals surface area contributed by atoms with E-state index in [-0.39, 0.29) is 6.42 Å². The lowest BCUT2D eigenvalue weighted by atomic mass is 9.67. The van der Waals surface area contributed by atoms with Crippen LogP contribution >= 0.6 is 0 Å².